The van der Waals surface area contributed by atoms with Gasteiger partial charge in [-0.25, -0.2) is 9.78 Å². The zero-order chi connectivity index (χ0) is 21.3. The number of hydrogen-bond acceptors (Lipinski definition) is 5. The highest BCUT2D eigenvalue weighted by Crippen LogP contribution is 2.35. The molecule has 0 aliphatic carbocycles. The first-order chi connectivity index (χ1) is 14.5. The van der Waals surface area contributed by atoms with Gasteiger partial charge in [0.25, 0.3) is 5.91 Å². The molecule has 0 saturated carbocycles. The summed E-state index contributed by atoms with van der Waals surface area (Å²) < 4.78 is 9.02. The van der Waals surface area contributed by atoms with Crippen LogP contribution < -0.4 is 4.90 Å². The molecule has 0 radical (unpaired) electrons. The van der Waals surface area contributed by atoms with Crippen LogP contribution in [0.15, 0.2) is 65.7 Å². The van der Waals surface area contributed by atoms with Gasteiger partial charge >= 0.3 is 5.97 Å². The van der Waals surface area contributed by atoms with Crippen molar-refractivity contribution in [1.82, 2.24) is 19.2 Å². The number of hydrogen-bond donors (Lipinski definition) is 0. The summed E-state index contributed by atoms with van der Waals surface area (Å²) in [6.07, 6.45) is 6.68. The van der Waals surface area contributed by atoms with Gasteiger partial charge in [0, 0.05) is 37.4 Å². The van der Waals surface area contributed by atoms with E-state index in [-0.39, 0.29) is 17.9 Å². The van der Waals surface area contributed by atoms with E-state index in [1.54, 1.807) is 26.2 Å². The van der Waals surface area contributed by atoms with E-state index >= 15 is 0 Å². The number of benzene rings is 1. The number of esters is 1. The van der Waals surface area contributed by atoms with Gasteiger partial charge in [-0.2, -0.15) is 5.10 Å². The Morgan fingerprint density at radius 3 is 2.73 bits per heavy atom. The van der Waals surface area contributed by atoms with E-state index in [9.17, 15) is 9.59 Å². The van der Waals surface area contributed by atoms with Gasteiger partial charge in [-0.05, 0) is 35.0 Å². The van der Waals surface area contributed by atoms with E-state index in [1.807, 2.05) is 47.1 Å². The van der Waals surface area contributed by atoms with Gasteiger partial charge in [0.15, 0.2) is 0 Å². The molecule has 1 amide bonds. The molecule has 0 aliphatic rings. The molecule has 4 rings (SSSR count). The summed E-state index contributed by atoms with van der Waals surface area (Å²) in [5.41, 5.74) is 2.14. The van der Waals surface area contributed by atoms with Gasteiger partial charge < -0.3 is 9.14 Å². The van der Waals surface area contributed by atoms with Crippen molar-refractivity contribution in [3.8, 4) is 0 Å². The third kappa shape index (κ3) is 3.48. The van der Waals surface area contributed by atoms with Gasteiger partial charge in [-0.15, -0.1) is 0 Å². The molecule has 0 fully saturated rings. The van der Waals surface area contributed by atoms with Crippen molar-refractivity contribution in [3.05, 3.63) is 76.9 Å². The number of imidazole rings is 1. The molecule has 30 heavy (non-hydrogen) atoms. The van der Waals surface area contributed by atoms with Crippen LogP contribution in [0.5, 0.6) is 0 Å². The maximum atomic E-state index is 13.8. The Labute approximate surface area is 180 Å². The number of ether oxygens (including phenoxy) is 1. The first kappa shape index (κ1) is 19.8. The molecule has 0 atom stereocenters. The van der Waals surface area contributed by atoms with E-state index in [4.69, 9.17) is 4.74 Å². The van der Waals surface area contributed by atoms with Crippen molar-refractivity contribution in [1.29, 1.82) is 0 Å². The summed E-state index contributed by atoms with van der Waals surface area (Å²) in [5, 5.41) is 4.11. The van der Waals surface area contributed by atoms with Crippen LogP contribution in [0, 0.1) is 0 Å². The van der Waals surface area contributed by atoms with Crippen LogP contribution >= 0.6 is 15.9 Å². The van der Waals surface area contributed by atoms with Crippen molar-refractivity contribution >= 4 is 44.8 Å². The topological polar surface area (TPSA) is 81.7 Å². The lowest BCUT2D eigenvalue weighted by Gasteiger charge is -2.24. The molecule has 4 aromatic rings. The zero-order valence-corrected chi connectivity index (χ0v) is 17.9. The summed E-state index contributed by atoms with van der Waals surface area (Å²) in [4.78, 5) is 32.1. The first-order valence-electron chi connectivity index (χ1n) is 9.22. The highest BCUT2D eigenvalue weighted by molar-refractivity contribution is 9.10. The van der Waals surface area contributed by atoms with Crippen LogP contribution in [0.2, 0.25) is 0 Å². The lowest BCUT2D eigenvalue weighted by molar-refractivity contribution is 0.0523. The van der Waals surface area contributed by atoms with E-state index in [0.29, 0.717) is 21.5 Å². The molecule has 3 aromatic heterocycles. The molecule has 0 aliphatic heterocycles. The van der Waals surface area contributed by atoms with Crippen LogP contribution in [0.1, 0.15) is 27.8 Å². The number of nitrogens with zero attached hydrogens (tertiary/aromatic N) is 5. The largest absolute Gasteiger partial charge is 0.462 e. The number of rotatable bonds is 5. The molecule has 0 N–H and O–H groups in total. The normalized spacial score (nSPS) is 10.9. The zero-order valence-electron chi connectivity index (χ0n) is 16.3. The van der Waals surface area contributed by atoms with Crippen molar-refractivity contribution in [2.45, 2.75) is 6.92 Å². The molecule has 0 spiro atoms. The highest BCUT2D eigenvalue weighted by atomic mass is 79.9. The van der Waals surface area contributed by atoms with Crippen LogP contribution in [-0.2, 0) is 11.8 Å². The maximum Gasteiger partial charge on any atom is 0.342 e. The Kier molecular flexibility index (Phi) is 5.37. The predicted octanol–water partition coefficient (Wildman–Crippen LogP) is 3.99. The lowest BCUT2D eigenvalue weighted by Crippen LogP contribution is -2.30. The Morgan fingerprint density at radius 2 is 2.00 bits per heavy atom. The summed E-state index contributed by atoms with van der Waals surface area (Å²) >= 11 is 3.57. The number of halogens is 1. The number of pyridine rings is 1. The van der Waals surface area contributed by atoms with Gasteiger partial charge in [-0.3, -0.25) is 14.4 Å². The summed E-state index contributed by atoms with van der Waals surface area (Å²) in [7, 11) is 1.62. The SMILES string of the molecule is CCOC(=O)c1cnn(C)c1C(=O)N(c1ccccc1)c1cc2nccn2cc1Br. The van der Waals surface area contributed by atoms with Crippen molar-refractivity contribution in [3.63, 3.8) is 0 Å². The average Bonchev–Trinajstić information content (AvgIpc) is 3.35. The van der Waals surface area contributed by atoms with E-state index in [0.717, 1.165) is 0 Å². The Hall–Kier alpha value is -3.46. The molecule has 152 valence electrons. The minimum Gasteiger partial charge on any atom is -0.462 e. The van der Waals surface area contributed by atoms with E-state index in [1.165, 1.54) is 15.8 Å². The standard InChI is InChI=1S/C21H18BrN5O3/c1-3-30-21(29)15-12-24-25(2)19(15)20(28)27(14-7-5-4-6-8-14)17-11-18-23-9-10-26(18)13-16(17)22/h4-13H,3H2,1-2H3. The van der Waals surface area contributed by atoms with Gasteiger partial charge in [-0.1, -0.05) is 18.2 Å². The van der Waals surface area contributed by atoms with E-state index < -0.39 is 11.9 Å². The van der Waals surface area contributed by atoms with Crippen LogP contribution in [0.4, 0.5) is 11.4 Å². The molecule has 9 heteroatoms. The smallest absolute Gasteiger partial charge is 0.342 e. The molecular weight excluding hydrogens is 450 g/mol. The van der Waals surface area contributed by atoms with Crippen molar-refractivity contribution < 1.29 is 14.3 Å². The maximum absolute atomic E-state index is 13.8. The molecular formula is C21H18BrN5O3. The average molecular weight is 468 g/mol. The van der Waals surface area contributed by atoms with Crippen molar-refractivity contribution in [2.24, 2.45) is 7.05 Å². The third-order valence-corrected chi connectivity index (χ3v) is 5.17. The summed E-state index contributed by atoms with van der Waals surface area (Å²) in [5.74, 6) is -1.01. The van der Waals surface area contributed by atoms with Gasteiger partial charge in [0.05, 0.1) is 23.0 Å². The number of amides is 1. The second kappa shape index (κ2) is 8.11. The van der Waals surface area contributed by atoms with Gasteiger partial charge in [0.1, 0.15) is 16.9 Å². The second-order valence-electron chi connectivity index (χ2n) is 6.43. The Morgan fingerprint density at radius 1 is 1.23 bits per heavy atom. The number of carbonyl (C=O) groups excluding carboxylic acids is 2. The number of fused-ring (bicyclic) bond motifs is 1. The fourth-order valence-corrected chi connectivity index (χ4v) is 3.71. The molecule has 0 bridgehead atoms. The Balaban J connectivity index is 1.90. The number of aromatic nitrogens is 4. The fourth-order valence-electron chi connectivity index (χ4n) is 3.19. The predicted molar refractivity (Wildman–Crippen MR) is 115 cm³/mol. The van der Waals surface area contributed by atoms with E-state index in [2.05, 4.69) is 26.0 Å². The number of anilines is 2. The summed E-state index contributed by atoms with van der Waals surface area (Å²) in [6, 6.07) is 11.0. The Bertz CT molecular complexity index is 1230. The van der Waals surface area contributed by atoms with Crippen molar-refractivity contribution in [2.75, 3.05) is 11.5 Å². The molecule has 3 heterocycles. The number of carbonyl (C=O) groups is 2. The monoisotopic (exact) mass is 467 g/mol. The fraction of sp³-hybridized carbons (Fsp3) is 0.143. The first-order valence-corrected chi connectivity index (χ1v) is 10.0. The lowest BCUT2D eigenvalue weighted by atomic mass is 10.1. The number of para-hydroxylation sites is 1. The third-order valence-electron chi connectivity index (χ3n) is 4.56. The molecule has 0 saturated heterocycles. The van der Waals surface area contributed by atoms with Crippen LogP contribution in [0.25, 0.3) is 5.65 Å². The minimum atomic E-state index is -0.593. The van der Waals surface area contributed by atoms with Gasteiger partial charge in [0.2, 0.25) is 0 Å². The summed E-state index contributed by atoms with van der Waals surface area (Å²) in [6.45, 7) is 1.91. The highest BCUT2D eigenvalue weighted by Gasteiger charge is 2.30. The minimum absolute atomic E-state index is 0.114. The van der Waals surface area contributed by atoms with Crippen LogP contribution in [0.3, 0.4) is 0 Å². The number of aryl methyl sites for hydroxylation is 1. The quantitative estimate of drug-likeness (QED) is 0.414. The molecule has 1 aromatic carbocycles. The second-order valence-corrected chi connectivity index (χ2v) is 7.28. The molecule has 0 unspecified atom stereocenters. The molecule has 8 nitrogen and oxygen atoms in total. The van der Waals surface area contributed by atoms with Crippen LogP contribution in [-0.4, -0.2) is 37.6 Å².